The van der Waals surface area contributed by atoms with Crippen molar-refractivity contribution in [2.24, 2.45) is 0 Å². The highest BCUT2D eigenvalue weighted by atomic mass is 79.9. The van der Waals surface area contributed by atoms with E-state index in [-0.39, 0.29) is 5.95 Å². The van der Waals surface area contributed by atoms with E-state index in [1.165, 1.54) is 17.3 Å². The fourth-order valence-corrected chi connectivity index (χ4v) is 2.05. The van der Waals surface area contributed by atoms with Gasteiger partial charge >= 0.3 is 0 Å². The molecule has 0 unspecified atom stereocenters. The van der Waals surface area contributed by atoms with Crippen LogP contribution in [0.25, 0.3) is 5.95 Å². The van der Waals surface area contributed by atoms with Gasteiger partial charge < -0.3 is 11.1 Å². The topological polar surface area (TPSA) is 107 Å². The first-order valence-corrected chi connectivity index (χ1v) is 6.81. The maximum Gasteiger partial charge on any atom is 0.258 e. The number of nitrogens with two attached hydrogens (primary N) is 1. The molecule has 2 heterocycles. The van der Waals surface area contributed by atoms with Gasteiger partial charge in [0.1, 0.15) is 12.7 Å². The van der Waals surface area contributed by atoms with Crippen LogP contribution in [0.1, 0.15) is 5.56 Å². The third kappa shape index (κ3) is 2.97. The Kier molecular flexibility index (Phi) is 3.48. The van der Waals surface area contributed by atoms with Crippen molar-refractivity contribution in [1.29, 1.82) is 0 Å². The van der Waals surface area contributed by atoms with Gasteiger partial charge in [0.2, 0.25) is 11.9 Å². The van der Waals surface area contributed by atoms with Crippen LogP contribution in [0, 0.1) is 6.92 Å². The number of nitrogens with one attached hydrogen (secondary N) is 1. The lowest BCUT2D eigenvalue weighted by Crippen LogP contribution is -2.09. The van der Waals surface area contributed by atoms with Gasteiger partial charge in [-0.15, -0.1) is 0 Å². The van der Waals surface area contributed by atoms with E-state index in [1.54, 1.807) is 0 Å². The Hall–Kier alpha value is -2.55. The summed E-state index contributed by atoms with van der Waals surface area (Å²) < 4.78 is 2.31. The lowest BCUT2D eigenvalue weighted by Gasteiger charge is -2.09. The number of nitrogen functional groups attached to an aromatic ring is 1. The van der Waals surface area contributed by atoms with Gasteiger partial charge in [0.05, 0.1) is 5.69 Å². The maximum absolute atomic E-state index is 5.71. The normalized spacial score (nSPS) is 10.6. The van der Waals surface area contributed by atoms with E-state index in [4.69, 9.17) is 5.73 Å². The molecule has 0 bridgehead atoms. The Labute approximate surface area is 128 Å². The lowest BCUT2D eigenvalue weighted by molar-refractivity contribution is 0.800. The maximum atomic E-state index is 5.71. The minimum atomic E-state index is 0.0989. The molecule has 0 aliphatic rings. The molecule has 106 valence electrons. The second kappa shape index (κ2) is 5.44. The summed E-state index contributed by atoms with van der Waals surface area (Å²) >= 11 is 3.47. The van der Waals surface area contributed by atoms with Crippen LogP contribution in [-0.4, -0.2) is 29.7 Å². The number of hydrogen-bond acceptors (Lipinski definition) is 7. The van der Waals surface area contributed by atoms with E-state index >= 15 is 0 Å². The third-order valence-corrected chi connectivity index (χ3v) is 3.32. The van der Waals surface area contributed by atoms with Gasteiger partial charge in [-0.2, -0.15) is 24.7 Å². The minimum Gasteiger partial charge on any atom is -0.368 e. The average Bonchev–Trinajstić information content (AvgIpc) is 2.96. The van der Waals surface area contributed by atoms with Gasteiger partial charge in [-0.1, -0.05) is 6.07 Å². The van der Waals surface area contributed by atoms with Crippen molar-refractivity contribution in [2.45, 2.75) is 6.92 Å². The number of anilines is 3. The Morgan fingerprint density at radius 2 is 2.10 bits per heavy atom. The number of aryl methyl sites for hydroxylation is 1. The molecule has 0 aliphatic carbocycles. The van der Waals surface area contributed by atoms with Crippen molar-refractivity contribution >= 4 is 33.5 Å². The van der Waals surface area contributed by atoms with Crippen LogP contribution >= 0.6 is 15.9 Å². The Bertz CT molecular complexity index is 771. The second-order valence-electron chi connectivity index (χ2n) is 4.27. The molecule has 8 nitrogen and oxygen atoms in total. The number of benzene rings is 1. The number of aromatic nitrogens is 6. The molecule has 1 aromatic carbocycles. The molecule has 0 fully saturated rings. The van der Waals surface area contributed by atoms with Crippen LogP contribution in [-0.2, 0) is 0 Å². The fraction of sp³-hybridized carbons (Fsp3) is 0.0833. The highest BCUT2D eigenvalue weighted by molar-refractivity contribution is 9.10. The SMILES string of the molecule is Cc1ccc(Br)c(Nc2nc(N)nc(-n3cncn3)n2)c1. The van der Waals surface area contributed by atoms with Crippen LogP contribution in [0.15, 0.2) is 35.3 Å². The van der Waals surface area contributed by atoms with Crippen molar-refractivity contribution in [2.75, 3.05) is 11.1 Å². The van der Waals surface area contributed by atoms with Crippen LogP contribution in [0.2, 0.25) is 0 Å². The highest BCUT2D eigenvalue weighted by Gasteiger charge is 2.09. The molecule has 3 N–H and O–H groups in total. The predicted molar refractivity (Wildman–Crippen MR) is 81.3 cm³/mol. The zero-order chi connectivity index (χ0) is 14.8. The first kappa shape index (κ1) is 13.4. The molecule has 0 atom stereocenters. The zero-order valence-corrected chi connectivity index (χ0v) is 12.6. The van der Waals surface area contributed by atoms with Crippen molar-refractivity contribution in [3.63, 3.8) is 0 Å². The first-order valence-electron chi connectivity index (χ1n) is 6.01. The van der Waals surface area contributed by atoms with Crippen molar-refractivity contribution in [3.05, 3.63) is 40.9 Å². The third-order valence-electron chi connectivity index (χ3n) is 2.63. The van der Waals surface area contributed by atoms with Crippen molar-refractivity contribution < 1.29 is 0 Å². The number of halogens is 1. The molecule has 3 aromatic rings. The largest absolute Gasteiger partial charge is 0.368 e. The molecule has 0 saturated carbocycles. The number of nitrogens with zero attached hydrogens (tertiary/aromatic N) is 6. The summed E-state index contributed by atoms with van der Waals surface area (Å²) in [6, 6.07) is 5.91. The van der Waals surface area contributed by atoms with Gasteiger partial charge in [0, 0.05) is 4.47 Å². The van der Waals surface area contributed by atoms with Crippen molar-refractivity contribution in [1.82, 2.24) is 29.7 Å². The highest BCUT2D eigenvalue weighted by Crippen LogP contribution is 2.25. The van der Waals surface area contributed by atoms with Crippen LogP contribution < -0.4 is 11.1 Å². The van der Waals surface area contributed by atoms with Gasteiger partial charge in [0.25, 0.3) is 5.95 Å². The number of rotatable bonds is 3. The molecule has 21 heavy (non-hydrogen) atoms. The molecule has 0 saturated heterocycles. The van der Waals surface area contributed by atoms with Gasteiger partial charge in [-0.05, 0) is 40.5 Å². The van der Waals surface area contributed by atoms with Crippen LogP contribution in [0.5, 0.6) is 0 Å². The molecular formula is C12H11BrN8. The molecule has 0 spiro atoms. The number of hydrogen-bond donors (Lipinski definition) is 2. The summed E-state index contributed by atoms with van der Waals surface area (Å²) in [6.45, 7) is 2.00. The quantitative estimate of drug-likeness (QED) is 0.744. The monoisotopic (exact) mass is 346 g/mol. The molecule has 0 aliphatic heterocycles. The standard InChI is InChI=1S/C12H11BrN8/c1-7-2-3-8(13)9(4-7)17-11-18-10(14)19-12(20-11)21-6-15-5-16-21/h2-6H,1H3,(H3,14,17,18,19,20). The fourth-order valence-electron chi connectivity index (χ4n) is 1.71. The predicted octanol–water partition coefficient (Wildman–Crippen LogP) is 1.85. The van der Waals surface area contributed by atoms with E-state index < -0.39 is 0 Å². The summed E-state index contributed by atoms with van der Waals surface area (Å²) in [5.74, 6) is 0.729. The Balaban J connectivity index is 1.97. The molecule has 3 rings (SSSR count). The Morgan fingerprint density at radius 1 is 1.24 bits per heavy atom. The van der Waals surface area contributed by atoms with Crippen LogP contribution in [0.3, 0.4) is 0 Å². The van der Waals surface area contributed by atoms with E-state index in [0.717, 1.165) is 15.7 Å². The molecule has 0 amide bonds. The minimum absolute atomic E-state index is 0.0989. The summed E-state index contributed by atoms with van der Waals surface area (Å²) in [5, 5.41) is 7.07. The zero-order valence-electron chi connectivity index (χ0n) is 11.0. The van der Waals surface area contributed by atoms with Crippen molar-refractivity contribution in [3.8, 4) is 5.95 Å². The first-order chi connectivity index (χ1) is 10.1. The van der Waals surface area contributed by atoms with E-state index in [0.29, 0.717) is 11.9 Å². The molecular weight excluding hydrogens is 336 g/mol. The lowest BCUT2D eigenvalue weighted by atomic mass is 10.2. The molecule has 2 aromatic heterocycles. The summed E-state index contributed by atoms with van der Waals surface area (Å²) in [7, 11) is 0. The molecule has 9 heteroatoms. The second-order valence-corrected chi connectivity index (χ2v) is 5.12. The van der Waals surface area contributed by atoms with Gasteiger partial charge in [-0.25, -0.2) is 4.98 Å². The van der Waals surface area contributed by atoms with Gasteiger partial charge in [0.15, 0.2) is 0 Å². The summed E-state index contributed by atoms with van der Waals surface area (Å²) in [5.41, 5.74) is 7.66. The van der Waals surface area contributed by atoms with Gasteiger partial charge in [-0.3, -0.25) is 0 Å². The summed E-state index contributed by atoms with van der Waals surface area (Å²) in [6.07, 6.45) is 2.88. The average molecular weight is 347 g/mol. The smallest absolute Gasteiger partial charge is 0.258 e. The Morgan fingerprint density at radius 3 is 2.86 bits per heavy atom. The van der Waals surface area contributed by atoms with Crippen LogP contribution in [0.4, 0.5) is 17.6 Å². The molecule has 0 radical (unpaired) electrons. The van der Waals surface area contributed by atoms with E-state index in [2.05, 4.69) is 46.3 Å². The summed E-state index contributed by atoms with van der Waals surface area (Å²) in [4.78, 5) is 16.2. The van der Waals surface area contributed by atoms with E-state index in [9.17, 15) is 0 Å². The van der Waals surface area contributed by atoms with E-state index in [1.807, 2.05) is 25.1 Å².